The summed E-state index contributed by atoms with van der Waals surface area (Å²) in [6.45, 7) is 2.11. The van der Waals surface area contributed by atoms with Crippen molar-refractivity contribution >= 4 is 23.0 Å². The quantitative estimate of drug-likeness (QED) is 0.447. The highest BCUT2D eigenvalue weighted by Crippen LogP contribution is 2.53. The Kier molecular flexibility index (Phi) is 4.11. The number of rotatable bonds is 3. The molecule has 1 heterocycles. The molecule has 5 nitrogen and oxygen atoms in total. The third-order valence-corrected chi connectivity index (χ3v) is 5.77. The fourth-order valence-electron chi connectivity index (χ4n) is 4.23. The Bertz CT molecular complexity index is 926. The lowest BCUT2D eigenvalue weighted by molar-refractivity contribution is -0.384. The SMILES string of the molecule is COc1ccc(C)c2c1N[C@H](c1ccc(Cl)c([N+](=O)[O-])c1)[C@H]1CC=C[C@@H]21. The van der Waals surface area contributed by atoms with E-state index < -0.39 is 4.92 Å². The van der Waals surface area contributed by atoms with E-state index in [0.29, 0.717) is 5.92 Å². The standard InChI is InChI=1S/C20H19ClN2O3/c1-11-6-9-17(26-2)20-18(11)13-4-3-5-14(13)19(22-20)12-7-8-15(21)16(10-12)23(24)25/h3-4,6-10,13-14,19,22H,5H2,1-2H3/t13-,14+,19-/m1/s1. The first kappa shape index (κ1) is 16.9. The van der Waals surface area contributed by atoms with Gasteiger partial charge in [-0.2, -0.15) is 0 Å². The Hall–Kier alpha value is -2.53. The second-order valence-corrected chi connectivity index (χ2v) is 7.22. The number of benzene rings is 2. The smallest absolute Gasteiger partial charge is 0.288 e. The molecule has 0 saturated carbocycles. The van der Waals surface area contributed by atoms with Crippen molar-refractivity contribution < 1.29 is 9.66 Å². The lowest BCUT2D eigenvalue weighted by atomic mass is 9.75. The summed E-state index contributed by atoms with van der Waals surface area (Å²) in [5.41, 5.74) is 4.26. The lowest BCUT2D eigenvalue weighted by Crippen LogP contribution is -2.30. The Morgan fingerprint density at radius 2 is 2.12 bits per heavy atom. The summed E-state index contributed by atoms with van der Waals surface area (Å²) < 4.78 is 5.57. The zero-order chi connectivity index (χ0) is 18.4. The number of ether oxygens (including phenoxy) is 1. The van der Waals surface area contributed by atoms with Gasteiger partial charge in [0.1, 0.15) is 10.8 Å². The maximum atomic E-state index is 11.3. The average Bonchev–Trinajstić information content (AvgIpc) is 3.11. The zero-order valence-corrected chi connectivity index (χ0v) is 15.3. The highest BCUT2D eigenvalue weighted by molar-refractivity contribution is 6.32. The van der Waals surface area contributed by atoms with Gasteiger partial charge in [0.05, 0.1) is 23.8 Å². The van der Waals surface area contributed by atoms with Crippen molar-refractivity contribution in [1.82, 2.24) is 0 Å². The van der Waals surface area contributed by atoms with Gasteiger partial charge in [0.15, 0.2) is 0 Å². The molecular weight excluding hydrogens is 352 g/mol. The topological polar surface area (TPSA) is 64.4 Å². The van der Waals surface area contributed by atoms with E-state index >= 15 is 0 Å². The summed E-state index contributed by atoms with van der Waals surface area (Å²) >= 11 is 6.00. The minimum atomic E-state index is -0.433. The zero-order valence-electron chi connectivity index (χ0n) is 14.5. The van der Waals surface area contributed by atoms with Crippen LogP contribution in [0.25, 0.3) is 0 Å². The van der Waals surface area contributed by atoms with Crippen LogP contribution in [0.3, 0.4) is 0 Å². The van der Waals surface area contributed by atoms with Gasteiger partial charge in [0, 0.05) is 12.0 Å². The van der Waals surface area contributed by atoms with Crippen molar-refractivity contribution in [3.8, 4) is 5.75 Å². The Balaban J connectivity index is 1.84. The molecular formula is C20H19ClN2O3. The number of halogens is 1. The highest BCUT2D eigenvalue weighted by Gasteiger charge is 2.40. The number of hydrogen-bond donors (Lipinski definition) is 1. The third-order valence-electron chi connectivity index (χ3n) is 5.45. The van der Waals surface area contributed by atoms with Crippen molar-refractivity contribution in [2.24, 2.45) is 5.92 Å². The monoisotopic (exact) mass is 370 g/mol. The number of methoxy groups -OCH3 is 1. The van der Waals surface area contributed by atoms with E-state index in [-0.39, 0.29) is 22.7 Å². The van der Waals surface area contributed by atoms with Gasteiger partial charge in [0.2, 0.25) is 0 Å². The molecule has 1 N–H and O–H groups in total. The normalized spacial score (nSPS) is 23.1. The number of nitrogens with zero attached hydrogens (tertiary/aromatic N) is 1. The molecule has 0 fully saturated rings. The van der Waals surface area contributed by atoms with Crippen LogP contribution in [0.4, 0.5) is 11.4 Å². The number of anilines is 1. The van der Waals surface area contributed by atoms with E-state index in [2.05, 4.69) is 30.5 Å². The lowest BCUT2D eigenvalue weighted by Gasteiger charge is -2.39. The fourth-order valence-corrected chi connectivity index (χ4v) is 4.42. The van der Waals surface area contributed by atoms with Crippen molar-refractivity contribution in [2.75, 3.05) is 12.4 Å². The van der Waals surface area contributed by atoms with E-state index in [1.807, 2.05) is 12.1 Å². The molecule has 134 valence electrons. The molecule has 1 aliphatic heterocycles. The molecule has 0 saturated heterocycles. The summed E-state index contributed by atoms with van der Waals surface area (Å²) in [5, 5.41) is 15.1. The first-order chi connectivity index (χ1) is 12.5. The Morgan fingerprint density at radius 3 is 2.85 bits per heavy atom. The van der Waals surface area contributed by atoms with Crippen LogP contribution in [-0.4, -0.2) is 12.0 Å². The minimum absolute atomic E-state index is 0.0471. The molecule has 2 aromatic carbocycles. The van der Waals surface area contributed by atoms with Crippen LogP contribution in [0.1, 0.15) is 35.1 Å². The molecule has 6 heteroatoms. The van der Waals surface area contributed by atoms with Gasteiger partial charge in [-0.25, -0.2) is 0 Å². The number of aryl methyl sites for hydroxylation is 1. The van der Waals surface area contributed by atoms with E-state index in [1.54, 1.807) is 19.2 Å². The number of hydrogen-bond acceptors (Lipinski definition) is 4. The van der Waals surface area contributed by atoms with Crippen molar-refractivity contribution in [1.29, 1.82) is 0 Å². The molecule has 2 aliphatic rings. The van der Waals surface area contributed by atoms with Crippen LogP contribution >= 0.6 is 11.6 Å². The van der Waals surface area contributed by atoms with E-state index in [9.17, 15) is 10.1 Å². The summed E-state index contributed by atoms with van der Waals surface area (Å²) in [5.74, 6) is 1.35. The summed E-state index contributed by atoms with van der Waals surface area (Å²) in [6.07, 6.45) is 5.37. The van der Waals surface area contributed by atoms with Crippen molar-refractivity contribution in [3.63, 3.8) is 0 Å². The molecule has 0 aromatic heterocycles. The van der Waals surface area contributed by atoms with Gasteiger partial charge < -0.3 is 10.1 Å². The predicted molar refractivity (Wildman–Crippen MR) is 102 cm³/mol. The number of nitrogens with one attached hydrogen (secondary N) is 1. The van der Waals surface area contributed by atoms with E-state index in [0.717, 1.165) is 23.4 Å². The number of allylic oxidation sites excluding steroid dienone is 2. The average molecular weight is 371 g/mol. The molecule has 0 amide bonds. The molecule has 0 radical (unpaired) electrons. The third kappa shape index (κ3) is 2.54. The predicted octanol–water partition coefficient (Wildman–Crippen LogP) is 5.39. The second-order valence-electron chi connectivity index (χ2n) is 6.82. The first-order valence-corrected chi connectivity index (χ1v) is 8.93. The largest absolute Gasteiger partial charge is 0.495 e. The van der Waals surface area contributed by atoms with Gasteiger partial charge >= 0.3 is 0 Å². The Morgan fingerprint density at radius 1 is 1.31 bits per heavy atom. The Labute approximate surface area is 156 Å². The fraction of sp³-hybridized carbons (Fsp3) is 0.300. The van der Waals surface area contributed by atoms with Crippen LogP contribution in [0.15, 0.2) is 42.5 Å². The van der Waals surface area contributed by atoms with Gasteiger partial charge in [-0.1, -0.05) is 35.9 Å². The second kappa shape index (κ2) is 6.32. The molecule has 3 atom stereocenters. The van der Waals surface area contributed by atoms with Crippen LogP contribution in [0, 0.1) is 23.0 Å². The van der Waals surface area contributed by atoms with E-state index in [4.69, 9.17) is 16.3 Å². The van der Waals surface area contributed by atoms with Crippen molar-refractivity contribution in [3.05, 3.63) is 74.3 Å². The van der Waals surface area contributed by atoms with Gasteiger partial charge in [0.25, 0.3) is 5.69 Å². The molecule has 2 aromatic rings. The molecule has 0 bridgehead atoms. The van der Waals surface area contributed by atoms with Crippen LogP contribution < -0.4 is 10.1 Å². The van der Waals surface area contributed by atoms with Crippen LogP contribution in [-0.2, 0) is 0 Å². The summed E-state index contributed by atoms with van der Waals surface area (Å²) in [4.78, 5) is 10.9. The minimum Gasteiger partial charge on any atom is -0.495 e. The maximum Gasteiger partial charge on any atom is 0.288 e. The number of fused-ring (bicyclic) bond motifs is 3. The van der Waals surface area contributed by atoms with Gasteiger partial charge in [-0.05, 0) is 48.1 Å². The molecule has 0 spiro atoms. The maximum absolute atomic E-state index is 11.3. The molecule has 1 aliphatic carbocycles. The van der Waals surface area contributed by atoms with Gasteiger partial charge in [-0.15, -0.1) is 0 Å². The molecule has 4 rings (SSSR count). The van der Waals surface area contributed by atoms with Gasteiger partial charge in [-0.3, -0.25) is 10.1 Å². The van der Waals surface area contributed by atoms with Crippen molar-refractivity contribution in [2.45, 2.75) is 25.3 Å². The summed E-state index contributed by atoms with van der Waals surface area (Å²) in [6, 6.07) is 9.06. The van der Waals surface area contributed by atoms with Crippen LogP contribution in [0.2, 0.25) is 5.02 Å². The first-order valence-electron chi connectivity index (χ1n) is 8.55. The summed E-state index contributed by atoms with van der Waals surface area (Å²) in [7, 11) is 1.66. The number of nitro groups is 1. The van der Waals surface area contributed by atoms with E-state index in [1.165, 1.54) is 11.1 Å². The molecule has 0 unspecified atom stereocenters. The number of nitro benzene ring substituents is 1. The van der Waals surface area contributed by atoms with Crippen LogP contribution in [0.5, 0.6) is 5.75 Å². The highest BCUT2D eigenvalue weighted by atomic mass is 35.5. The molecule has 26 heavy (non-hydrogen) atoms.